The van der Waals surface area contributed by atoms with Crippen molar-refractivity contribution in [1.29, 1.82) is 0 Å². The Balaban J connectivity index is 1.31. The molecule has 0 unspecified atom stereocenters. The fourth-order valence-corrected chi connectivity index (χ4v) is 3.61. The van der Waals surface area contributed by atoms with Crippen molar-refractivity contribution >= 4 is 16.7 Å². The second-order valence-corrected chi connectivity index (χ2v) is 7.69. The van der Waals surface area contributed by atoms with Crippen molar-refractivity contribution in [3.8, 4) is 11.3 Å². The van der Waals surface area contributed by atoms with E-state index in [-0.39, 0.29) is 5.91 Å². The van der Waals surface area contributed by atoms with E-state index in [1.807, 2.05) is 31.3 Å². The van der Waals surface area contributed by atoms with E-state index in [2.05, 4.69) is 54.4 Å². The van der Waals surface area contributed by atoms with Gasteiger partial charge in [-0.2, -0.15) is 0 Å². The summed E-state index contributed by atoms with van der Waals surface area (Å²) < 4.78 is 5.84. The molecule has 0 atom stereocenters. The van der Waals surface area contributed by atoms with Gasteiger partial charge in [-0.1, -0.05) is 72.3 Å². The van der Waals surface area contributed by atoms with E-state index < -0.39 is 0 Å². The number of hydrogen-bond donors (Lipinski definition) is 0. The standard InChI is InChI=1S/C26H26N2O2/c1-19-10-12-22(13-11-19)24-18-27-25(30-24)14-15-26(29)28(2)17-16-21-8-5-7-20-6-3-4-9-23(20)21/h3-13,18H,14-17H2,1-2H3. The number of likely N-dealkylation sites (N-methyl/N-ethyl adjacent to an activating group) is 1. The minimum absolute atomic E-state index is 0.102. The Labute approximate surface area is 177 Å². The number of rotatable bonds is 7. The maximum Gasteiger partial charge on any atom is 0.222 e. The molecule has 30 heavy (non-hydrogen) atoms. The van der Waals surface area contributed by atoms with Crippen molar-refractivity contribution in [3.63, 3.8) is 0 Å². The number of hydrogen-bond acceptors (Lipinski definition) is 3. The molecule has 0 saturated carbocycles. The van der Waals surface area contributed by atoms with Gasteiger partial charge in [0.05, 0.1) is 6.20 Å². The third-order valence-electron chi connectivity index (χ3n) is 5.46. The van der Waals surface area contributed by atoms with Crippen LogP contribution in [0.1, 0.15) is 23.4 Å². The summed E-state index contributed by atoms with van der Waals surface area (Å²) in [6.07, 6.45) is 3.46. The van der Waals surface area contributed by atoms with Gasteiger partial charge >= 0.3 is 0 Å². The summed E-state index contributed by atoms with van der Waals surface area (Å²) in [5.41, 5.74) is 3.47. The molecule has 0 saturated heterocycles. The molecule has 4 nitrogen and oxygen atoms in total. The van der Waals surface area contributed by atoms with Crippen LogP contribution in [0.5, 0.6) is 0 Å². The van der Waals surface area contributed by atoms with E-state index in [1.165, 1.54) is 21.9 Å². The van der Waals surface area contributed by atoms with E-state index in [0.29, 0.717) is 25.3 Å². The molecular formula is C26H26N2O2. The summed E-state index contributed by atoms with van der Waals surface area (Å²) in [6, 6.07) is 22.8. The smallest absolute Gasteiger partial charge is 0.222 e. The van der Waals surface area contributed by atoms with Gasteiger partial charge in [0.15, 0.2) is 11.7 Å². The van der Waals surface area contributed by atoms with Gasteiger partial charge in [-0.25, -0.2) is 4.98 Å². The van der Waals surface area contributed by atoms with Crippen molar-refractivity contribution < 1.29 is 9.21 Å². The molecular weight excluding hydrogens is 372 g/mol. The van der Waals surface area contributed by atoms with Gasteiger partial charge in [0.1, 0.15) is 0 Å². The summed E-state index contributed by atoms with van der Waals surface area (Å²) in [4.78, 5) is 18.7. The Bertz CT molecular complexity index is 1140. The maximum atomic E-state index is 12.6. The third kappa shape index (κ3) is 4.60. The molecule has 4 aromatic rings. The molecule has 4 heteroatoms. The Hall–Kier alpha value is -3.40. The van der Waals surface area contributed by atoms with Crippen LogP contribution < -0.4 is 0 Å². The minimum atomic E-state index is 0.102. The predicted molar refractivity (Wildman–Crippen MR) is 120 cm³/mol. The van der Waals surface area contributed by atoms with E-state index in [9.17, 15) is 4.79 Å². The molecule has 0 radical (unpaired) electrons. The van der Waals surface area contributed by atoms with Crippen LogP contribution in [-0.2, 0) is 17.6 Å². The first-order valence-electron chi connectivity index (χ1n) is 10.3. The van der Waals surface area contributed by atoms with Crippen LogP contribution in [0, 0.1) is 6.92 Å². The Morgan fingerprint density at radius 1 is 0.967 bits per heavy atom. The van der Waals surface area contributed by atoms with Crippen molar-refractivity contribution in [2.24, 2.45) is 0 Å². The molecule has 0 N–H and O–H groups in total. The van der Waals surface area contributed by atoms with Gasteiger partial charge in [0.2, 0.25) is 5.91 Å². The highest BCUT2D eigenvalue weighted by Gasteiger charge is 2.13. The summed E-state index contributed by atoms with van der Waals surface area (Å²) in [5, 5.41) is 2.49. The molecule has 3 aromatic carbocycles. The van der Waals surface area contributed by atoms with Gasteiger partial charge < -0.3 is 9.32 Å². The number of benzene rings is 3. The summed E-state index contributed by atoms with van der Waals surface area (Å²) in [5.74, 6) is 1.44. The van der Waals surface area contributed by atoms with E-state index in [0.717, 1.165) is 17.7 Å². The molecule has 4 rings (SSSR count). The number of nitrogens with zero attached hydrogens (tertiary/aromatic N) is 2. The highest BCUT2D eigenvalue weighted by atomic mass is 16.4. The average Bonchev–Trinajstić information content (AvgIpc) is 3.25. The first-order valence-corrected chi connectivity index (χ1v) is 10.3. The van der Waals surface area contributed by atoms with Gasteiger partial charge in [0, 0.05) is 32.0 Å². The Morgan fingerprint density at radius 2 is 1.73 bits per heavy atom. The lowest BCUT2D eigenvalue weighted by Crippen LogP contribution is -2.29. The topological polar surface area (TPSA) is 46.3 Å². The fourth-order valence-electron chi connectivity index (χ4n) is 3.61. The van der Waals surface area contributed by atoms with Crippen molar-refractivity contribution in [1.82, 2.24) is 9.88 Å². The summed E-state index contributed by atoms with van der Waals surface area (Å²) >= 11 is 0. The Kier molecular flexibility index (Phi) is 5.94. The van der Waals surface area contributed by atoms with Crippen LogP contribution in [0.25, 0.3) is 22.1 Å². The first-order chi connectivity index (χ1) is 14.6. The van der Waals surface area contributed by atoms with Crippen LogP contribution in [0.4, 0.5) is 0 Å². The molecule has 0 aliphatic heterocycles. The highest BCUT2D eigenvalue weighted by Crippen LogP contribution is 2.22. The van der Waals surface area contributed by atoms with Gasteiger partial charge in [-0.05, 0) is 29.7 Å². The Morgan fingerprint density at radius 3 is 2.57 bits per heavy atom. The largest absolute Gasteiger partial charge is 0.441 e. The zero-order valence-corrected chi connectivity index (χ0v) is 17.5. The number of aryl methyl sites for hydroxylation is 2. The second kappa shape index (κ2) is 8.95. The lowest BCUT2D eigenvalue weighted by molar-refractivity contribution is -0.129. The maximum absolute atomic E-state index is 12.6. The minimum Gasteiger partial charge on any atom is -0.441 e. The molecule has 1 heterocycles. The van der Waals surface area contributed by atoms with Crippen LogP contribution in [0.3, 0.4) is 0 Å². The molecule has 1 amide bonds. The number of carbonyl (C=O) groups excluding carboxylic acids is 1. The number of fused-ring (bicyclic) bond motifs is 1. The van der Waals surface area contributed by atoms with Gasteiger partial charge in [-0.3, -0.25) is 4.79 Å². The molecule has 0 spiro atoms. The highest BCUT2D eigenvalue weighted by molar-refractivity contribution is 5.85. The number of carbonyl (C=O) groups is 1. The third-order valence-corrected chi connectivity index (χ3v) is 5.46. The number of amides is 1. The zero-order chi connectivity index (χ0) is 20.9. The average molecular weight is 399 g/mol. The van der Waals surface area contributed by atoms with Crippen molar-refractivity contribution in [2.45, 2.75) is 26.2 Å². The number of aromatic nitrogens is 1. The predicted octanol–water partition coefficient (Wildman–Crippen LogP) is 5.44. The monoisotopic (exact) mass is 398 g/mol. The second-order valence-electron chi connectivity index (χ2n) is 7.69. The first kappa shape index (κ1) is 19.9. The van der Waals surface area contributed by atoms with Crippen molar-refractivity contribution in [3.05, 3.63) is 89.9 Å². The van der Waals surface area contributed by atoms with E-state index in [1.54, 1.807) is 11.1 Å². The van der Waals surface area contributed by atoms with E-state index in [4.69, 9.17) is 4.42 Å². The fraction of sp³-hybridized carbons (Fsp3) is 0.231. The van der Waals surface area contributed by atoms with Gasteiger partial charge in [0.25, 0.3) is 0 Å². The molecule has 0 aliphatic carbocycles. The van der Waals surface area contributed by atoms with Crippen LogP contribution >= 0.6 is 0 Å². The summed E-state index contributed by atoms with van der Waals surface area (Å²) in [7, 11) is 1.86. The quantitative estimate of drug-likeness (QED) is 0.417. The van der Waals surface area contributed by atoms with Crippen LogP contribution in [0.15, 0.2) is 77.3 Å². The van der Waals surface area contributed by atoms with Crippen LogP contribution in [-0.4, -0.2) is 29.4 Å². The molecule has 152 valence electrons. The molecule has 0 aliphatic rings. The zero-order valence-electron chi connectivity index (χ0n) is 17.5. The summed E-state index contributed by atoms with van der Waals surface area (Å²) in [6.45, 7) is 2.74. The van der Waals surface area contributed by atoms with Crippen molar-refractivity contribution in [2.75, 3.05) is 13.6 Å². The normalized spacial score (nSPS) is 11.0. The lowest BCUT2D eigenvalue weighted by atomic mass is 10.0. The lowest BCUT2D eigenvalue weighted by Gasteiger charge is -2.17. The molecule has 0 bridgehead atoms. The molecule has 1 aromatic heterocycles. The van der Waals surface area contributed by atoms with Crippen LogP contribution in [0.2, 0.25) is 0 Å². The molecule has 0 fully saturated rings. The number of oxazole rings is 1. The SMILES string of the molecule is Cc1ccc(-c2cnc(CCC(=O)N(C)CCc3cccc4ccccc34)o2)cc1. The van der Waals surface area contributed by atoms with E-state index >= 15 is 0 Å². The van der Waals surface area contributed by atoms with Gasteiger partial charge in [-0.15, -0.1) is 0 Å².